The maximum Gasteiger partial charge on any atom is 0.303 e. The third-order valence-corrected chi connectivity index (χ3v) is 6.88. The first-order chi connectivity index (χ1) is 10.6. The first-order valence-corrected chi connectivity index (χ1v) is 9.16. The Morgan fingerprint density at radius 1 is 1.35 bits per heavy atom. The average molecular weight is 322 g/mol. The maximum atomic E-state index is 10.9. The van der Waals surface area contributed by atoms with E-state index in [1.165, 1.54) is 19.3 Å². The molecule has 0 amide bonds. The molecule has 2 rings (SSSR count). The fraction of sp³-hybridized carbons (Fsp3) is 0.850. The minimum Gasteiger partial charge on any atom is -0.481 e. The van der Waals surface area contributed by atoms with Gasteiger partial charge in [0, 0.05) is 6.42 Å². The zero-order valence-corrected chi connectivity index (χ0v) is 15.3. The van der Waals surface area contributed by atoms with Gasteiger partial charge in [-0.1, -0.05) is 40.7 Å². The van der Waals surface area contributed by atoms with Crippen molar-refractivity contribution in [1.29, 1.82) is 0 Å². The van der Waals surface area contributed by atoms with E-state index in [4.69, 9.17) is 5.11 Å². The summed E-state index contributed by atoms with van der Waals surface area (Å²) in [6.07, 6.45) is 6.19. The first kappa shape index (κ1) is 18.5. The van der Waals surface area contributed by atoms with Gasteiger partial charge in [0.25, 0.3) is 0 Å². The Morgan fingerprint density at radius 2 is 2.00 bits per heavy atom. The summed E-state index contributed by atoms with van der Waals surface area (Å²) in [4.78, 5) is 10.9. The lowest BCUT2D eigenvalue weighted by Gasteiger charge is -2.59. The maximum absolute atomic E-state index is 10.9. The highest BCUT2D eigenvalue weighted by molar-refractivity contribution is 5.66. The van der Waals surface area contributed by atoms with Crippen LogP contribution >= 0.6 is 0 Å². The van der Waals surface area contributed by atoms with Gasteiger partial charge in [0.15, 0.2) is 0 Å². The van der Waals surface area contributed by atoms with Gasteiger partial charge in [0.2, 0.25) is 0 Å². The molecule has 0 unspecified atom stereocenters. The number of aliphatic hydroxyl groups excluding tert-OH is 1. The van der Waals surface area contributed by atoms with Crippen molar-refractivity contribution in [1.82, 2.24) is 0 Å². The molecule has 2 N–H and O–H groups in total. The third-order valence-electron chi connectivity index (χ3n) is 6.88. The van der Waals surface area contributed by atoms with Crippen LogP contribution in [0.15, 0.2) is 12.2 Å². The minimum absolute atomic E-state index is 0.179. The minimum atomic E-state index is -0.720. The topological polar surface area (TPSA) is 57.5 Å². The standard InChI is InChI=1S/C20H34O3/c1-13(11-18(22)23)7-8-15-14(2)16(21)12-17-19(3,4)9-6-10-20(15,17)5/h13,15-17,21H,2,6-12H2,1,3-5H3,(H,22,23)/t13-,15-,16+,17-,20-/m1/s1. The monoisotopic (exact) mass is 322 g/mol. The van der Waals surface area contributed by atoms with Gasteiger partial charge in [-0.25, -0.2) is 0 Å². The molecule has 0 heterocycles. The molecule has 132 valence electrons. The van der Waals surface area contributed by atoms with E-state index >= 15 is 0 Å². The first-order valence-electron chi connectivity index (χ1n) is 9.16. The Hall–Kier alpha value is -0.830. The van der Waals surface area contributed by atoms with Crippen molar-refractivity contribution in [2.75, 3.05) is 0 Å². The molecule has 3 nitrogen and oxygen atoms in total. The predicted molar refractivity (Wildman–Crippen MR) is 93.1 cm³/mol. The number of aliphatic carboxylic acids is 1. The van der Waals surface area contributed by atoms with Crippen LogP contribution in [-0.4, -0.2) is 22.3 Å². The van der Waals surface area contributed by atoms with Crippen LogP contribution < -0.4 is 0 Å². The molecule has 5 atom stereocenters. The van der Waals surface area contributed by atoms with Gasteiger partial charge in [-0.15, -0.1) is 0 Å². The van der Waals surface area contributed by atoms with Crippen LogP contribution in [0.25, 0.3) is 0 Å². The highest BCUT2D eigenvalue weighted by atomic mass is 16.4. The number of carboxylic acid groups (broad SMARTS) is 1. The third kappa shape index (κ3) is 3.65. The molecule has 2 fully saturated rings. The van der Waals surface area contributed by atoms with Gasteiger partial charge in [-0.05, 0) is 66.3 Å². The van der Waals surface area contributed by atoms with E-state index in [9.17, 15) is 9.90 Å². The highest BCUT2D eigenvalue weighted by Gasteiger charge is 2.54. The van der Waals surface area contributed by atoms with E-state index in [2.05, 4.69) is 27.4 Å². The van der Waals surface area contributed by atoms with Crippen molar-refractivity contribution in [3.8, 4) is 0 Å². The summed E-state index contributed by atoms with van der Waals surface area (Å²) in [6, 6.07) is 0. The number of carbonyl (C=O) groups is 1. The lowest BCUT2D eigenvalue weighted by molar-refractivity contribution is -0.138. The lowest BCUT2D eigenvalue weighted by Crippen LogP contribution is -2.52. The Morgan fingerprint density at radius 3 is 2.61 bits per heavy atom. The predicted octanol–water partition coefficient (Wildman–Crippen LogP) is 4.65. The van der Waals surface area contributed by atoms with Gasteiger partial charge in [0.05, 0.1) is 6.10 Å². The molecule has 0 radical (unpaired) electrons. The highest BCUT2D eigenvalue weighted by Crippen LogP contribution is 2.61. The van der Waals surface area contributed by atoms with Crippen LogP contribution in [0.2, 0.25) is 0 Å². The van der Waals surface area contributed by atoms with Crippen LogP contribution in [0.1, 0.15) is 72.6 Å². The van der Waals surface area contributed by atoms with Crippen molar-refractivity contribution < 1.29 is 15.0 Å². The molecule has 23 heavy (non-hydrogen) atoms. The summed E-state index contributed by atoms with van der Waals surface area (Å²) in [5.41, 5.74) is 1.45. The molecule has 0 aliphatic heterocycles. The Bertz CT molecular complexity index is 468. The molecule has 2 aliphatic carbocycles. The van der Waals surface area contributed by atoms with Crippen molar-refractivity contribution in [3.63, 3.8) is 0 Å². The van der Waals surface area contributed by atoms with Gasteiger partial charge in [-0.3, -0.25) is 4.79 Å². The van der Waals surface area contributed by atoms with E-state index in [-0.39, 0.29) is 23.2 Å². The second kappa shape index (κ2) is 6.58. The summed E-state index contributed by atoms with van der Waals surface area (Å²) >= 11 is 0. The number of aliphatic hydroxyl groups is 1. The van der Waals surface area contributed by atoms with Crippen molar-refractivity contribution in [2.24, 2.45) is 28.6 Å². The fourth-order valence-corrected chi connectivity index (χ4v) is 5.57. The van der Waals surface area contributed by atoms with Crippen LogP contribution in [-0.2, 0) is 4.79 Å². The number of fused-ring (bicyclic) bond motifs is 1. The summed E-state index contributed by atoms with van der Waals surface area (Å²) in [6.45, 7) is 13.3. The van der Waals surface area contributed by atoms with Gasteiger partial charge in [-0.2, -0.15) is 0 Å². The van der Waals surface area contributed by atoms with Gasteiger partial charge in [0.1, 0.15) is 0 Å². The van der Waals surface area contributed by atoms with Crippen LogP contribution in [0.4, 0.5) is 0 Å². The molecule has 0 aromatic heterocycles. The van der Waals surface area contributed by atoms with Crippen molar-refractivity contribution in [2.45, 2.75) is 78.7 Å². The van der Waals surface area contributed by atoms with E-state index in [0.717, 1.165) is 24.8 Å². The van der Waals surface area contributed by atoms with E-state index in [0.29, 0.717) is 11.8 Å². The van der Waals surface area contributed by atoms with E-state index in [1.807, 2.05) is 6.92 Å². The summed E-state index contributed by atoms with van der Waals surface area (Å²) in [7, 11) is 0. The van der Waals surface area contributed by atoms with Crippen LogP contribution in [0.3, 0.4) is 0 Å². The number of hydrogen-bond donors (Lipinski definition) is 2. The average Bonchev–Trinajstić information content (AvgIpc) is 2.40. The molecule has 0 aromatic carbocycles. The zero-order valence-electron chi connectivity index (χ0n) is 15.3. The molecular weight excluding hydrogens is 288 g/mol. The number of rotatable bonds is 5. The van der Waals surface area contributed by atoms with Crippen molar-refractivity contribution >= 4 is 5.97 Å². The number of carboxylic acids is 1. The zero-order chi connectivity index (χ0) is 17.4. The van der Waals surface area contributed by atoms with E-state index in [1.54, 1.807) is 0 Å². The normalized spacial score (nSPS) is 38.0. The lowest BCUT2D eigenvalue weighted by atomic mass is 9.46. The molecule has 0 saturated heterocycles. The molecule has 2 aliphatic rings. The number of hydrogen-bond acceptors (Lipinski definition) is 2. The quantitative estimate of drug-likeness (QED) is 0.725. The smallest absolute Gasteiger partial charge is 0.303 e. The van der Waals surface area contributed by atoms with Crippen LogP contribution in [0.5, 0.6) is 0 Å². The summed E-state index contributed by atoms with van der Waals surface area (Å²) in [5, 5.41) is 19.5. The molecule has 0 aromatic rings. The Labute approximate surface area is 141 Å². The molecule has 0 spiro atoms. The Balaban J connectivity index is 2.17. The Kier molecular flexibility index (Phi) is 5.30. The van der Waals surface area contributed by atoms with Gasteiger partial charge < -0.3 is 10.2 Å². The largest absolute Gasteiger partial charge is 0.481 e. The van der Waals surface area contributed by atoms with E-state index < -0.39 is 12.1 Å². The molecule has 0 bridgehead atoms. The summed E-state index contributed by atoms with van der Waals surface area (Å²) < 4.78 is 0. The molecule has 3 heteroatoms. The van der Waals surface area contributed by atoms with Crippen molar-refractivity contribution in [3.05, 3.63) is 12.2 Å². The fourth-order valence-electron chi connectivity index (χ4n) is 5.57. The molecule has 2 saturated carbocycles. The summed E-state index contributed by atoms with van der Waals surface area (Å²) in [5.74, 6) is 0.289. The SMILES string of the molecule is C=C1[C@@H](CC[C@@H](C)CC(=O)O)[C@@]2(C)CCCC(C)(C)[C@H]2C[C@@H]1O. The van der Waals surface area contributed by atoms with Crippen LogP contribution in [0, 0.1) is 28.6 Å². The van der Waals surface area contributed by atoms with Gasteiger partial charge >= 0.3 is 5.97 Å². The molecular formula is C20H34O3. The second-order valence-electron chi connectivity index (χ2n) is 9.06. The second-order valence-corrected chi connectivity index (χ2v) is 9.06.